The molecule has 6 heteroatoms. The molecule has 5 nitrogen and oxygen atoms in total. The molecular weight excluding hydrogens is 261 g/mol. The number of nitrogens with one attached hydrogen (secondary N) is 2. The van der Waals surface area contributed by atoms with Crippen LogP contribution in [-0.2, 0) is 4.79 Å². The summed E-state index contributed by atoms with van der Waals surface area (Å²) in [7, 11) is 0. The predicted octanol–water partition coefficient (Wildman–Crippen LogP) is 1.25. The van der Waals surface area contributed by atoms with Crippen molar-refractivity contribution in [3.63, 3.8) is 0 Å². The van der Waals surface area contributed by atoms with Crippen molar-refractivity contribution in [3.05, 3.63) is 29.6 Å². The van der Waals surface area contributed by atoms with E-state index in [1.807, 2.05) is 6.92 Å². The number of halogens is 1. The molecule has 1 fully saturated rings. The number of rotatable bonds is 3. The van der Waals surface area contributed by atoms with Crippen LogP contribution in [-0.4, -0.2) is 24.9 Å². The highest BCUT2D eigenvalue weighted by atomic mass is 19.1. The number of amides is 2. The van der Waals surface area contributed by atoms with Crippen LogP contribution in [0.2, 0.25) is 0 Å². The average molecular weight is 279 g/mol. The normalized spacial score (nSPS) is 22.3. The van der Waals surface area contributed by atoms with Crippen molar-refractivity contribution in [2.75, 3.05) is 18.4 Å². The van der Waals surface area contributed by atoms with E-state index < -0.39 is 17.1 Å². The number of primary amides is 1. The Bertz CT molecular complexity index is 539. The first-order chi connectivity index (χ1) is 9.42. The Labute approximate surface area is 116 Å². The van der Waals surface area contributed by atoms with E-state index in [4.69, 9.17) is 5.73 Å². The molecule has 4 N–H and O–H groups in total. The summed E-state index contributed by atoms with van der Waals surface area (Å²) >= 11 is 0. The zero-order chi connectivity index (χ0) is 14.8. The Morgan fingerprint density at radius 1 is 1.45 bits per heavy atom. The van der Waals surface area contributed by atoms with Crippen LogP contribution in [0, 0.1) is 11.2 Å². The SMILES string of the molecule is CC1(C(=O)Nc2cc(C(N)=O)ccc2F)CCCNC1. The molecule has 1 saturated heterocycles. The van der Waals surface area contributed by atoms with Crippen LogP contribution in [0.25, 0.3) is 0 Å². The van der Waals surface area contributed by atoms with Gasteiger partial charge in [-0.2, -0.15) is 0 Å². The molecule has 1 aromatic carbocycles. The maximum atomic E-state index is 13.7. The van der Waals surface area contributed by atoms with Crippen molar-refractivity contribution in [2.24, 2.45) is 11.1 Å². The quantitative estimate of drug-likeness (QED) is 0.778. The van der Waals surface area contributed by atoms with Crippen LogP contribution in [0.3, 0.4) is 0 Å². The van der Waals surface area contributed by atoms with Crippen molar-refractivity contribution in [1.29, 1.82) is 0 Å². The van der Waals surface area contributed by atoms with Gasteiger partial charge in [0.1, 0.15) is 5.82 Å². The number of piperidine rings is 1. The van der Waals surface area contributed by atoms with Crippen molar-refractivity contribution in [3.8, 4) is 0 Å². The summed E-state index contributed by atoms with van der Waals surface area (Å²) in [5, 5.41) is 5.71. The first-order valence-corrected chi connectivity index (χ1v) is 6.54. The van der Waals surface area contributed by atoms with Gasteiger partial charge in [-0.15, -0.1) is 0 Å². The smallest absolute Gasteiger partial charge is 0.248 e. The van der Waals surface area contributed by atoms with Gasteiger partial charge < -0.3 is 16.4 Å². The lowest BCUT2D eigenvalue weighted by molar-refractivity contribution is -0.125. The second-order valence-corrected chi connectivity index (χ2v) is 5.35. The molecule has 0 radical (unpaired) electrons. The van der Waals surface area contributed by atoms with Gasteiger partial charge in [0.2, 0.25) is 11.8 Å². The topological polar surface area (TPSA) is 84.2 Å². The molecular formula is C14H18FN3O2. The molecule has 0 aromatic heterocycles. The molecule has 1 aliphatic heterocycles. The van der Waals surface area contributed by atoms with Crippen molar-refractivity contribution < 1.29 is 14.0 Å². The fourth-order valence-corrected chi connectivity index (χ4v) is 2.30. The van der Waals surface area contributed by atoms with Crippen LogP contribution < -0.4 is 16.4 Å². The number of benzene rings is 1. The van der Waals surface area contributed by atoms with E-state index >= 15 is 0 Å². The molecule has 0 saturated carbocycles. The van der Waals surface area contributed by atoms with E-state index in [0.29, 0.717) is 6.54 Å². The lowest BCUT2D eigenvalue weighted by atomic mass is 9.82. The van der Waals surface area contributed by atoms with E-state index in [0.717, 1.165) is 25.5 Å². The van der Waals surface area contributed by atoms with Crippen LogP contribution in [0.5, 0.6) is 0 Å². The minimum atomic E-state index is -0.661. The first kappa shape index (κ1) is 14.5. The molecule has 0 spiro atoms. The largest absolute Gasteiger partial charge is 0.366 e. The summed E-state index contributed by atoms with van der Waals surface area (Å²) in [5.41, 5.74) is 4.72. The zero-order valence-corrected chi connectivity index (χ0v) is 11.3. The fourth-order valence-electron chi connectivity index (χ4n) is 2.30. The molecule has 1 aliphatic rings. The molecule has 2 amide bonds. The minimum Gasteiger partial charge on any atom is -0.366 e. The van der Waals surface area contributed by atoms with Gasteiger partial charge in [0, 0.05) is 12.1 Å². The van der Waals surface area contributed by atoms with Crippen molar-refractivity contribution in [1.82, 2.24) is 5.32 Å². The second-order valence-electron chi connectivity index (χ2n) is 5.35. The molecule has 1 atom stereocenters. The van der Waals surface area contributed by atoms with E-state index in [9.17, 15) is 14.0 Å². The summed E-state index contributed by atoms with van der Waals surface area (Å²) in [5.74, 6) is -1.51. The fraction of sp³-hybridized carbons (Fsp3) is 0.429. The summed E-state index contributed by atoms with van der Waals surface area (Å²) in [6.07, 6.45) is 1.64. The summed E-state index contributed by atoms with van der Waals surface area (Å²) in [6.45, 7) is 3.27. The Hall–Kier alpha value is -1.95. The second kappa shape index (κ2) is 5.58. The number of hydrogen-bond acceptors (Lipinski definition) is 3. The summed E-state index contributed by atoms with van der Waals surface area (Å²) in [4.78, 5) is 23.4. The number of nitrogens with two attached hydrogens (primary N) is 1. The average Bonchev–Trinajstić information content (AvgIpc) is 2.41. The van der Waals surface area contributed by atoms with Crippen LogP contribution in [0.4, 0.5) is 10.1 Å². The number of carbonyl (C=O) groups is 2. The maximum Gasteiger partial charge on any atom is 0.248 e. The van der Waals surface area contributed by atoms with Gasteiger partial charge in [0.25, 0.3) is 0 Å². The first-order valence-electron chi connectivity index (χ1n) is 6.54. The van der Waals surface area contributed by atoms with Gasteiger partial charge in [-0.25, -0.2) is 4.39 Å². The monoisotopic (exact) mass is 279 g/mol. The molecule has 0 aliphatic carbocycles. The molecule has 1 heterocycles. The third kappa shape index (κ3) is 2.96. The molecule has 2 rings (SSSR count). The minimum absolute atomic E-state index is 0.0156. The van der Waals surface area contributed by atoms with Crippen molar-refractivity contribution in [2.45, 2.75) is 19.8 Å². The van der Waals surface area contributed by atoms with E-state index in [-0.39, 0.29) is 17.2 Å². The number of carbonyl (C=O) groups excluding carboxylic acids is 2. The Morgan fingerprint density at radius 2 is 2.20 bits per heavy atom. The third-order valence-electron chi connectivity index (χ3n) is 3.64. The van der Waals surface area contributed by atoms with Gasteiger partial charge in [0.15, 0.2) is 0 Å². The summed E-state index contributed by atoms with van der Waals surface area (Å²) in [6, 6.07) is 3.67. The lowest BCUT2D eigenvalue weighted by Gasteiger charge is -2.32. The van der Waals surface area contributed by atoms with Crippen LogP contribution in [0.1, 0.15) is 30.1 Å². The Morgan fingerprint density at radius 3 is 2.80 bits per heavy atom. The van der Waals surface area contributed by atoms with Crippen molar-refractivity contribution >= 4 is 17.5 Å². The van der Waals surface area contributed by atoms with Gasteiger partial charge >= 0.3 is 0 Å². The highest BCUT2D eigenvalue weighted by Crippen LogP contribution is 2.28. The maximum absolute atomic E-state index is 13.7. The van der Waals surface area contributed by atoms with Crippen LogP contribution >= 0.6 is 0 Å². The lowest BCUT2D eigenvalue weighted by Crippen LogP contribution is -2.46. The van der Waals surface area contributed by atoms with E-state index in [2.05, 4.69) is 10.6 Å². The third-order valence-corrected chi connectivity index (χ3v) is 3.64. The van der Waals surface area contributed by atoms with Gasteiger partial charge in [-0.05, 0) is 44.5 Å². The highest BCUT2D eigenvalue weighted by molar-refractivity contribution is 5.98. The Kier molecular flexibility index (Phi) is 4.04. The number of hydrogen-bond donors (Lipinski definition) is 3. The molecule has 1 unspecified atom stereocenters. The standard InChI is InChI=1S/C14H18FN3O2/c1-14(5-2-6-17-8-14)13(20)18-11-7-9(12(16)19)3-4-10(11)15/h3-4,7,17H,2,5-6,8H2,1H3,(H2,16,19)(H,18,20). The van der Waals surface area contributed by atoms with E-state index in [1.165, 1.54) is 12.1 Å². The van der Waals surface area contributed by atoms with Gasteiger partial charge in [0.05, 0.1) is 11.1 Å². The van der Waals surface area contributed by atoms with Crippen LogP contribution in [0.15, 0.2) is 18.2 Å². The predicted molar refractivity (Wildman–Crippen MR) is 73.8 cm³/mol. The molecule has 20 heavy (non-hydrogen) atoms. The molecule has 1 aromatic rings. The van der Waals surface area contributed by atoms with E-state index in [1.54, 1.807) is 0 Å². The summed E-state index contributed by atoms with van der Waals surface area (Å²) < 4.78 is 13.7. The molecule has 108 valence electrons. The Balaban J connectivity index is 2.18. The van der Waals surface area contributed by atoms with Gasteiger partial charge in [-0.3, -0.25) is 9.59 Å². The van der Waals surface area contributed by atoms with Gasteiger partial charge in [-0.1, -0.05) is 0 Å². The number of anilines is 1. The highest BCUT2D eigenvalue weighted by Gasteiger charge is 2.34. The molecule has 0 bridgehead atoms. The zero-order valence-electron chi connectivity index (χ0n) is 11.3.